The lowest BCUT2D eigenvalue weighted by molar-refractivity contribution is -0.00273. The molecule has 2 saturated heterocycles. The van der Waals surface area contributed by atoms with Crippen LogP contribution in [0.3, 0.4) is 0 Å². The van der Waals surface area contributed by atoms with Crippen molar-refractivity contribution in [3.05, 3.63) is 0 Å². The van der Waals surface area contributed by atoms with Crippen molar-refractivity contribution in [2.24, 2.45) is 11.3 Å². The quantitative estimate of drug-likeness (QED) is 0.825. The third-order valence-electron chi connectivity index (χ3n) is 4.47. The van der Waals surface area contributed by atoms with Crippen LogP contribution in [0.2, 0.25) is 0 Å². The van der Waals surface area contributed by atoms with E-state index in [0.717, 1.165) is 12.0 Å². The van der Waals surface area contributed by atoms with Gasteiger partial charge in [-0.2, -0.15) is 0 Å². The SMILES string of the molecule is CC(C)CN1CCC(N2CCNCC2)C(C)(C)C1. The van der Waals surface area contributed by atoms with Gasteiger partial charge in [-0.05, 0) is 24.3 Å². The molecule has 0 radical (unpaired) electrons. The molecule has 0 saturated carbocycles. The number of nitrogens with zero attached hydrogens (tertiary/aromatic N) is 2. The molecular weight excluding hydrogens is 222 g/mol. The van der Waals surface area contributed by atoms with Gasteiger partial charge in [-0.3, -0.25) is 4.90 Å². The van der Waals surface area contributed by atoms with Gasteiger partial charge in [0.2, 0.25) is 0 Å². The molecule has 3 heteroatoms. The third-order valence-corrected chi connectivity index (χ3v) is 4.47. The zero-order chi connectivity index (χ0) is 13.2. The van der Waals surface area contributed by atoms with Crippen molar-refractivity contribution in [1.29, 1.82) is 0 Å². The van der Waals surface area contributed by atoms with E-state index in [9.17, 15) is 0 Å². The van der Waals surface area contributed by atoms with E-state index in [4.69, 9.17) is 0 Å². The van der Waals surface area contributed by atoms with Crippen LogP contribution in [0.5, 0.6) is 0 Å². The summed E-state index contributed by atoms with van der Waals surface area (Å²) in [6.45, 7) is 18.2. The highest BCUT2D eigenvalue weighted by Gasteiger charge is 2.39. The lowest BCUT2D eigenvalue weighted by Gasteiger charge is -2.50. The normalized spacial score (nSPS) is 30.8. The molecule has 0 aliphatic carbocycles. The fourth-order valence-electron chi connectivity index (χ4n) is 3.80. The fraction of sp³-hybridized carbons (Fsp3) is 1.00. The van der Waals surface area contributed by atoms with Crippen LogP contribution in [0.15, 0.2) is 0 Å². The van der Waals surface area contributed by atoms with Gasteiger partial charge in [0, 0.05) is 45.3 Å². The van der Waals surface area contributed by atoms with Gasteiger partial charge >= 0.3 is 0 Å². The number of nitrogens with one attached hydrogen (secondary N) is 1. The Labute approximate surface area is 113 Å². The molecule has 1 atom stereocenters. The molecular formula is C15H31N3. The molecule has 2 fully saturated rings. The highest BCUT2D eigenvalue weighted by molar-refractivity contribution is 4.94. The second kappa shape index (κ2) is 5.89. The first-order chi connectivity index (χ1) is 8.49. The Bertz CT molecular complexity index is 256. The number of piperidine rings is 1. The highest BCUT2D eigenvalue weighted by atomic mass is 15.2. The van der Waals surface area contributed by atoms with Crippen LogP contribution in [0, 0.1) is 11.3 Å². The zero-order valence-corrected chi connectivity index (χ0v) is 12.7. The molecule has 0 amide bonds. The molecule has 1 N–H and O–H groups in total. The lowest BCUT2D eigenvalue weighted by Crippen LogP contribution is -2.59. The number of rotatable bonds is 3. The van der Waals surface area contributed by atoms with E-state index in [0.29, 0.717) is 5.41 Å². The van der Waals surface area contributed by atoms with Crippen LogP contribution in [0.4, 0.5) is 0 Å². The Hall–Kier alpha value is -0.120. The van der Waals surface area contributed by atoms with Crippen LogP contribution in [-0.2, 0) is 0 Å². The number of hydrogen-bond acceptors (Lipinski definition) is 3. The molecule has 0 aromatic heterocycles. The zero-order valence-electron chi connectivity index (χ0n) is 12.7. The molecule has 0 bridgehead atoms. The molecule has 1 unspecified atom stereocenters. The Morgan fingerprint density at radius 1 is 1.17 bits per heavy atom. The summed E-state index contributed by atoms with van der Waals surface area (Å²) in [5.74, 6) is 0.788. The van der Waals surface area contributed by atoms with Gasteiger partial charge in [-0.1, -0.05) is 27.7 Å². The van der Waals surface area contributed by atoms with Crippen LogP contribution in [0.25, 0.3) is 0 Å². The molecule has 0 spiro atoms. The summed E-state index contributed by atoms with van der Waals surface area (Å²) in [4.78, 5) is 5.40. The van der Waals surface area contributed by atoms with E-state index >= 15 is 0 Å². The minimum atomic E-state index is 0.435. The largest absolute Gasteiger partial charge is 0.314 e. The number of hydrogen-bond donors (Lipinski definition) is 1. The second-order valence-electron chi connectivity index (χ2n) is 7.21. The van der Waals surface area contributed by atoms with Gasteiger partial charge in [-0.25, -0.2) is 0 Å². The molecule has 0 aromatic rings. The predicted molar refractivity (Wildman–Crippen MR) is 77.9 cm³/mol. The van der Waals surface area contributed by atoms with Crippen molar-refractivity contribution in [2.45, 2.75) is 40.2 Å². The molecule has 106 valence electrons. The minimum absolute atomic E-state index is 0.435. The number of piperazine rings is 1. The first-order valence-corrected chi connectivity index (χ1v) is 7.66. The highest BCUT2D eigenvalue weighted by Crippen LogP contribution is 2.33. The van der Waals surface area contributed by atoms with E-state index in [1.165, 1.54) is 52.2 Å². The molecule has 2 aliphatic heterocycles. The average molecular weight is 253 g/mol. The molecule has 18 heavy (non-hydrogen) atoms. The first-order valence-electron chi connectivity index (χ1n) is 7.66. The lowest BCUT2D eigenvalue weighted by atomic mass is 9.77. The van der Waals surface area contributed by atoms with Crippen LogP contribution >= 0.6 is 0 Å². The minimum Gasteiger partial charge on any atom is -0.314 e. The van der Waals surface area contributed by atoms with E-state index in [1.807, 2.05) is 0 Å². The van der Waals surface area contributed by atoms with Gasteiger partial charge in [0.1, 0.15) is 0 Å². The summed E-state index contributed by atoms with van der Waals surface area (Å²) in [5, 5.41) is 3.46. The summed E-state index contributed by atoms with van der Waals surface area (Å²) < 4.78 is 0. The van der Waals surface area contributed by atoms with Crippen molar-refractivity contribution in [3.8, 4) is 0 Å². The van der Waals surface area contributed by atoms with E-state index in [1.54, 1.807) is 0 Å². The van der Waals surface area contributed by atoms with Crippen molar-refractivity contribution in [3.63, 3.8) is 0 Å². The first kappa shape index (κ1) is 14.3. The average Bonchev–Trinajstić information content (AvgIpc) is 2.28. The van der Waals surface area contributed by atoms with Crippen molar-refractivity contribution in [2.75, 3.05) is 45.8 Å². The Morgan fingerprint density at radius 2 is 1.83 bits per heavy atom. The summed E-state index contributed by atoms with van der Waals surface area (Å²) in [6, 6.07) is 0.781. The van der Waals surface area contributed by atoms with Crippen molar-refractivity contribution < 1.29 is 0 Å². The van der Waals surface area contributed by atoms with Crippen LogP contribution in [-0.4, -0.2) is 61.7 Å². The Kier molecular flexibility index (Phi) is 4.68. The van der Waals surface area contributed by atoms with E-state index in [2.05, 4.69) is 42.8 Å². The standard InChI is InChI=1S/C15H31N3/c1-13(2)11-17-8-5-14(15(3,4)12-17)18-9-6-16-7-10-18/h13-14,16H,5-12H2,1-4H3. The Morgan fingerprint density at radius 3 is 2.39 bits per heavy atom. The summed E-state index contributed by atoms with van der Waals surface area (Å²) in [5.41, 5.74) is 0.435. The summed E-state index contributed by atoms with van der Waals surface area (Å²) >= 11 is 0. The van der Waals surface area contributed by atoms with Gasteiger partial charge in [0.25, 0.3) is 0 Å². The topological polar surface area (TPSA) is 18.5 Å². The van der Waals surface area contributed by atoms with Gasteiger partial charge in [0.15, 0.2) is 0 Å². The molecule has 2 rings (SSSR count). The second-order valence-corrected chi connectivity index (χ2v) is 7.21. The molecule has 0 aromatic carbocycles. The van der Waals surface area contributed by atoms with Crippen LogP contribution in [0.1, 0.15) is 34.1 Å². The van der Waals surface area contributed by atoms with E-state index in [-0.39, 0.29) is 0 Å². The molecule has 3 nitrogen and oxygen atoms in total. The van der Waals surface area contributed by atoms with Crippen molar-refractivity contribution >= 4 is 0 Å². The monoisotopic (exact) mass is 253 g/mol. The van der Waals surface area contributed by atoms with E-state index < -0.39 is 0 Å². The maximum absolute atomic E-state index is 3.46. The maximum Gasteiger partial charge on any atom is 0.0172 e. The molecule has 2 heterocycles. The fourth-order valence-corrected chi connectivity index (χ4v) is 3.80. The maximum atomic E-state index is 3.46. The third kappa shape index (κ3) is 3.46. The van der Waals surface area contributed by atoms with Gasteiger partial charge < -0.3 is 10.2 Å². The van der Waals surface area contributed by atoms with Crippen molar-refractivity contribution in [1.82, 2.24) is 15.1 Å². The summed E-state index contributed by atoms with van der Waals surface area (Å²) in [6.07, 6.45) is 1.35. The van der Waals surface area contributed by atoms with Gasteiger partial charge in [0.05, 0.1) is 0 Å². The number of likely N-dealkylation sites (tertiary alicyclic amines) is 1. The smallest absolute Gasteiger partial charge is 0.0172 e. The molecule has 2 aliphatic rings. The predicted octanol–water partition coefficient (Wildman–Crippen LogP) is 1.65. The van der Waals surface area contributed by atoms with Gasteiger partial charge in [-0.15, -0.1) is 0 Å². The summed E-state index contributed by atoms with van der Waals surface area (Å²) in [7, 11) is 0. The van der Waals surface area contributed by atoms with Crippen LogP contribution < -0.4 is 5.32 Å². The Balaban J connectivity index is 1.93.